The molecule has 1 aliphatic carbocycles. The van der Waals surface area contributed by atoms with Crippen LogP contribution >= 0.6 is 0 Å². The van der Waals surface area contributed by atoms with Crippen molar-refractivity contribution >= 4 is 16.2 Å². The average Bonchev–Trinajstić information content (AvgIpc) is 1.90. The molecule has 0 N–H and O–H groups in total. The zero-order valence-corrected chi connectivity index (χ0v) is 5.74. The average molecular weight is 125 g/mol. The van der Waals surface area contributed by atoms with Crippen molar-refractivity contribution in [3.63, 3.8) is 0 Å². The molecular formula is C7H9S+. The van der Waals surface area contributed by atoms with E-state index in [-0.39, 0.29) is 0 Å². The van der Waals surface area contributed by atoms with Gasteiger partial charge in [-0.1, -0.05) is 12.2 Å². The van der Waals surface area contributed by atoms with Crippen LogP contribution in [0.4, 0.5) is 0 Å². The van der Waals surface area contributed by atoms with Gasteiger partial charge in [0.2, 0.25) is 4.86 Å². The molecule has 0 saturated heterocycles. The van der Waals surface area contributed by atoms with Gasteiger partial charge in [0, 0.05) is 0 Å². The van der Waals surface area contributed by atoms with E-state index in [9.17, 15) is 0 Å². The van der Waals surface area contributed by atoms with Gasteiger partial charge in [0.15, 0.2) is 17.6 Å². The van der Waals surface area contributed by atoms with Crippen LogP contribution in [0.5, 0.6) is 0 Å². The molecule has 0 bridgehead atoms. The maximum Gasteiger partial charge on any atom is 0.223 e. The minimum absolute atomic E-state index is 1.10. The van der Waals surface area contributed by atoms with E-state index in [1.165, 1.54) is 4.86 Å². The SMILES string of the molecule is C[S+]=C1C=CCC=C1. The third kappa shape index (κ3) is 1.27. The fraction of sp³-hybridized carbons (Fsp3) is 0.286. The van der Waals surface area contributed by atoms with E-state index >= 15 is 0 Å². The Labute approximate surface area is 53.9 Å². The summed E-state index contributed by atoms with van der Waals surface area (Å²) in [6.45, 7) is 0. The van der Waals surface area contributed by atoms with Crippen molar-refractivity contribution in [3.8, 4) is 0 Å². The molecule has 0 heterocycles. The highest BCUT2D eigenvalue weighted by Gasteiger charge is 1.97. The van der Waals surface area contributed by atoms with Crippen LogP contribution in [0.15, 0.2) is 24.3 Å². The second kappa shape index (κ2) is 2.78. The van der Waals surface area contributed by atoms with E-state index in [4.69, 9.17) is 0 Å². The molecule has 0 aromatic rings. The minimum atomic E-state index is 1.10. The highest BCUT2D eigenvalue weighted by Crippen LogP contribution is 1.95. The third-order valence-corrected chi connectivity index (χ3v) is 1.82. The summed E-state index contributed by atoms with van der Waals surface area (Å²) in [6.07, 6.45) is 11.9. The summed E-state index contributed by atoms with van der Waals surface area (Å²) in [5.41, 5.74) is 0. The van der Waals surface area contributed by atoms with E-state index in [2.05, 4.69) is 30.6 Å². The first-order chi connectivity index (χ1) is 3.93. The molecule has 0 saturated carbocycles. The summed E-state index contributed by atoms with van der Waals surface area (Å²) < 4.78 is 0. The topological polar surface area (TPSA) is 0 Å². The van der Waals surface area contributed by atoms with Gasteiger partial charge < -0.3 is 0 Å². The first-order valence-electron chi connectivity index (χ1n) is 2.67. The molecule has 0 aromatic carbocycles. The van der Waals surface area contributed by atoms with Crippen LogP contribution in [0.25, 0.3) is 0 Å². The maximum absolute atomic E-state index is 2.17. The number of rotatable bonds is 0. The standard InChI is InChI=1S/C7H9S/c1-8-7-5-3-2-4-6-7/h3-6H,2H2,1H3/q+1. The van der Waals surface area contributed by atoms with Gasteiger partial charge in [-0.25, -0.2) is 0 Å². The van der Waals surface area contributed by atoms with Gasteiger partial charge in [-0.3, -0.25) is 0 Å². The van der Waals surface area contributed by atoms with Crippen LogP contribution in [0.1, 0.15) is 6.42 Å². The summed E-state index contributed by atoms with van der Waals surface area (Å²) >= 11 is 1.79. The molecule has 1 rings (SSSR count). The Morgan fingerprint density at radius 1 is 1.38 bits per heavy atom. The first kappa shape index (κ1) is 5.70. The Morgan fingerprint density at radius 3 is 2.38 bits per heavy atom. The summed E-state index contributed by atoms with van der Waals surface area (Å²) in [7, 11) is 0. The normalized spacial score (nSPS) is 16.9. The van der Waals surface area contributed by atoms with E-state index in [0.29, 0.717) is 0 Å². The summed E-state index contributed by atoms with van der Waals surface area (Å²) in [6, 6.07) is 0. The molecule has 8 heavy (non-hydrogen) atoms. The van der Waals surface area contributed by atoms with E-state index in [1.54, 1.807) is 11.4 Å². The Bertz CT molecular complexity index is 138. The van der Waals surface area contributed by atoms with Crippen molar-refractivity contribution in [3.05, 3.63) is 24.3 Å². The predicted octanol–water partition coefficient (Wildman–Crippen LogP) is 1.39. The predicted molar refractivity (Wildman–Crippen MR) is 41.2 cm³/mol. The quantitative estimate of drug-likeness (QED) is 0.339. The van der Waals surface area contributed by atoms with Gasteiger partial charge in [-0.15, -0.1) is 0 Å². The van der Waals surface area contributed by atoms with Crippen molar-refractivity contribution in [1.29, 1.82) is 0 Å². The van der Waals surface area contributed by atoms with Crippen LogP contribution in [0.2, 0.25) is 0 Å². The van der Waals surface area contributed by atoms with Gasteiger partial charge >= 0.3 is 0 Å². The Morgan fingerprint density at radius 2 is 2.00 bits per heavy atom. The van der Waals surface area contributed by atoms with Gasteiger partial charge in [-0.05, 0) is 18.6 Å². The molecule has 1 aliphatic rings. The van der Waals surface area contributed by atoms with Gasteiger partial charge in [-0.2, -0.15) is 0 Å². The molecule has 0 unspecified atom stereocenters. The van der Waals surface area contributed by atoms with Crippen LogP contribution in [0, 0.1) is 0 Å². The van der Waals surface area contributed by atoms with Crippen molar-refractivity contribution < 1.29 is 0 Å². The van der Waals surface area contributed by atoms with Gasteiger partial charge in [0.05, 0.1) is 0 Å². The highest BCUT2D eigenvalue weighted by molar-refractivity contribution is 7.78. The molecular weight excluding hydrogens is 116 g/mol. The number of hydrogen-bond acceptors (Lipinski definition) is 0. The Kier molecular flexibility index (Phi) is 1.98. The zero-order valence-electron chi connectivity index (χ0n) is 4.92. The molecule has 0 nitrogen and oxygen atoms in total. The lowest BCUT2D eigenvalue weighted by molar-refractivity contribution is 1.39. The van der Waals surface area contributed by atoms with Crippen LogP contribution in [-0.2, 0) is 11.4 Å². The minimum Gasteiger partial charge on any atom is -0.0752 e. The summed E-state index contributed by atoms with van der Waals surface area (Å²) in [5, 5.41) is 0. The second-order valence-corrected chi connectivity index (χ2v) is 2.53. The van der Waals surface area contributed by atoms with E-state index in [0.717, 1.165) is 6.42 Å². The second-order valence-electron chi connectivity index (χ2n) is 1.65. The fourth-order valence-electron chi connectivity index (χ4n) is 0.639. The lowest BCUT2D eigenvalue weighted by Crippen LogP contribution is -1.91. The largest absolute Gasteiger partial charge is 0.223 e. The fourth-order valence-corrected chi connectivity index (χ4v) is 1.10. The Hall–Kier alpha value is -0.430. The maximum atomic E-state index is 2.17. The molecule has 0 aromatic heterocycles. The molecule has 0 aliphatic heterocycles. The molecule has 0 fully saturated rings. The summed E-state index contributed by atoms with van der Waals surface area (Å²) in [4.78, 5) is 1.36. The van der Waals surface area contributed by atoms with Crippen LogP contribution in [-0.4, -0.2) is 11.1 Å². The monoisotopic (exact) mass is 125 g/mol. The van der Waals surface area contributed by atoms with Crippen molar-refractivity contribution in [2.45, 2.75) is 6.42 Å². The smallest absolute Gasteiger partial charge is 0.0752 e. The third-order valence-electron chi connectivity index (χ3n) is 1.07. The molecule has 0 spiro atoms. The number of allylic oxidation sites excluding steroid dienone is 4. The lowest BCUT2D eigenvalue weighted by atomic mass is 10.2. The van der Waals surface area contributed by atoms with Crippen LogP contribution in [0.3, 0.4) is 0 Å². The van der Waals surface area contributed by atoms with Crippen molar-refractivity contribution in [1.82, 2.24) is 0 Å². The zero-order chi connectivity index (χ0) is 5.82. The van der Waals surface area contributed by atoms with Gasteiger partial charge in [0.1, 0.15) is 0 Å². The molecule has 1 heteroatoms. The first-order valence-corrected chi connectivity index (χ1v) is 3.90. The van der Waals surface area contributed by atoms with E-state index in [1.807, 2.05) is 0 Å². The van der Waals surface area contributed by atoms with Crippen LogP contribution < -0.4 is 0 Å². The molecule has 42 valence electrons. The van der Waals surface area contributed by atoms with Gasteiger partial charge in [0.25, 0.3) is 0 Å². The van der Waals surface area contributed by atoms with E-state index < -0.39 is 0 Å². The molecule has 0 amide bonds. The highest BCUT2D eigenvalue weighted by atomic mass is 32.1. The number of hydrogen-bond donors (Lipinski definition) is 0. The van der Waals surface area contributed by atoms with Crippen molar-refractivity contribution in [2.75, 3.05) is 6.26 Å². The summed E-state index contributed by atoms with van der Waals surface area (Å²) in [5.74, 6) is 0. The molecule has 0 radical (unpaired) electrons. The Balaban J connectivity index is 2.69. The van der Waals surface area contributed by atoms with Crippen molar-refractivity contribution in [2.24, 2.45) is 0 Å². The lowest BCUT2D eigenvalue weighted by Gasteiger charge is -1.86. The molecule has 0 atom stereocenters.